The van der Waals surface area contributed by atoms with Gasteiger partial charge in [-0.25, -0.2) is 0 Å². The Morgan fingerprint density at radius 3 is 2.76 bits per heavy atom. The molecule has 2 aromatic heterocycles. The van der Waals surface area contributed by atoms with Gasteiger partial charge in [0.25, 0.3) is 0 Å². The van der Waals surface area contributed by atoms with Crippen LogP contribution in [0.3, 0.4) is 0 Å². The monoisotopic (exact) mass is 355 g/mol. The van der Waals surface area contributed by atoms with E-state index in [-0.39, 0.29) is 0 Å². The number of furan rings is 1. The Morgan fingerprint density at radius 1 is 1.16 bits per heavy atom. The first kappa shape index (κ1) is 16.4. The molecule has 6 heteroatoms. The van der Waals surface area contributed by atoms with Crippen molar-refractivity contribution in [1.82, 2.24) is 14.8 Å². The molecule has 25 heavy (non-hydrogen) atoms. The third kappa shape index (κ3) is 3.50. The molecule has 0 spiro atoms. The van der Waals surface area contributed by atoms with Gasteiger partial charge in [-0.1, -0.05) is 30.0 Å². The first-order valence-electron chi connectivity index (χ1n) is 8.62. The summed E-state index contributed by atoms with van der Waals surface area (Å²) in [7, 11) is 0. The van der Waals surface area contributed by atoms with Gasteiger partial charge in [-0.3, -0.25) is 4.57 Å². The highest BCUT2D eigenvalue weighted by Gasteiger charge is 2.21. The minimum atomic E-state index is 0.304. The molecule has 1 saturated heterocycles. The second kappa shape index (κ2) is 7.45. The summed E-state index contributed by atoms with van der Waals surface area (Å²) >= 11 is 1.71. The third-order valence-corrected chi connectivity index (χ3v) is 5.48. The molecule has 4 rings (SSSR count). The average Bonchev–Trinajstić information content (AvgIpc) is 3.27. The molecule has 0 radical (unpaired) electrons. The Hall–Kier alpha value is -2.05. The van der Waals surface area contributed by atoms with E-state index in [1.54, 1.807) is 18.0 Å². The van der Waals surface area contributed by atoms with Crippen LogP contribution < -0.4 is 0 Å². The summed E-state index contributed by atoms with van der Waals surface area (Å²) in [6.07, 6.45) is 5.54. The molecule has 1 fully saturated rings. The fraction of sp³-hybridized carbons (Fsp3) is 0.368. The highest BCUT2D eigenvalue weighted by Crippen LogP contribution is 2.31. The van der Waals surface area contributed by atoms with Crippen molar-refractivity contribution in [3.05, 3.63) is 48.4 Å². The largest absolute Gasteiger partial charge is 0.469 e. The predicted molar refractivity (Wildman–Crippen MR) is 98.1 cm³/mol. The maximum absolute atomic E-state index is 5.85. The van der Waals surface area contributed by atoms with E-state index >= 15 is 0 Å². The van der Waals surface area contributed by atoms with Crippen LogP contribution in [0.2, 0.25) is 0 Å². The van der Waals surface area contributed by atoms with Crippen molar-refractivity contribution in [2.45, 2.75) is 37.4 Å². The summed E-state index contributed by atoms with van der Waals surface area (Å²) in [4.78, 5) is 0. The van der Waals surface area contributed by atoms with Crippen molar-refractivity contribution in [3.63, 3.8) is 0 Å². The van der Waals surface area contributed by atoms with E-state index in [0.717, 1.165) is 46.8 Å². The van der Waals surface area contributed by atoms with Crippen LogP contribution in [-0.4, -0.2) is 33.2 Å². The number of nitrogens with zero attached hydrogens (tertiary/aromatic N) is 3. The molecule has 0 aliphatic carbocycles. The Kier molecular flexibility index (Phi) is 4.90. The second-order valence-corrected chi connectivity index (χ2v) is 7.15. The first-order chi connectivity index (χ1) is 12.3. The Balaban J connectivity index is 1.67. The quantitative estimate of drug-likeness (QED) is 0.631. The number of aryl methyl sites for hydroxylation is 1. The van der Waals surface area contributed by atoms with Crippen LogP contribution in [0.15, 0.2) is 52.2 Å². The van der Waals surface area contributed by atoms with Gasteiger partial charge in [0, 0.05) is 18.0 Å². The van der Waals surface area contributed by atoms with Crippen LogP contribution in [0.25, 0.3) is 17.1 Å². The molecule has 3 heterocycles. The topological polar surface area (TPSA) is 53.1 Å². The SMILES string of the molecule is Cc1occc1-c1nnc(SCC2CCCCO2)n1-c1ccccc1. The zero-order valence-electron chi connectivity index (χ0n) is 14.2. The molecule has 3 aromatic rings. The van der Waals surface area contributed by atoms with Crippen molar-refractivity contribution < 1.29 is 9.15 Å². The molecule has 1 atom stereocenters. The van der Waals surface area contributed by atoms with Gasteiger partial charge < -0.3 is 9.15 Å². The highest BCUT2D eigenvalue weighted by molar-refractivity contribution is 7.99. The van der Waals surface area contributed by atoms with E-state index in [4.69, 9.17) is 9.15 Å². The van der Waals surface area contributed by atoms with E-state index in [9.17, 15) is 0 Å². The zero-order valence-corrected chi connectivity index (χ0v) is 15.0. The van der Waals surface area contributed by atoms with Gasteiger partial charge in [0.05, 0.1) is 17.9 Å². The minimum absolute atomic E-state index is 0.304. The van der Waals surface area contributed by atoms with Crippen LogP contribution in [0.4, 0.5) is 0 Å². The van der Waals surface area contributed by atoms with E-state index < -0.39 is 0 Å². The van der Waals surface area contributed by atoms with Gasteiger partial charge in [0.2, 0.25) is 0 Å². The maximum atomic E-state index is 5.85. The van der Waals surface area contributed by atoms with Gasteiger partial charge >= 0.3 is 0 Å². The number of benzene rings is 1. The van der Waals surface area contributed by atoms with E-state index in [2.05, 4.69) is 26.9 Å². The van der Waals surface area contributed by atoms with Gasteiger partial charge in [0.15, 0.2) is 11.0 Å². The van der Waals surface area contributed by atoms with Crippen molar-refractivity contribution >= 4 is 11.8 Å². The fourth-order valence-corrected chi connectivity index (χ4v) is 4.09. The van der Waals surface area contributed by atoms with Crippen LogP contribution in [0, 0.1) is 6.92 Å². The van der Waals surface area contributed by atoms with Crippen molar-refractivity contribution in [3.8, 4) is 17.1 Å². The Labute approximate surface area is 151 Å². The molecule has 0 bridgehead atoms. The fourth-order valence-electron chi connectivity index (χ4n) is 3.07. The maximum Gasteiger partial charge on any atom is 0.196 e. The molecule has 1 unspecified atom stereocenters. The molecule has 0 N–H and O–H groups in total. The number of rotatable bonds is 5. The number of hydrogen-bond donors (Lipinski definition) is 0. The van der Waals surface area contributed by atoms with E-state index in [1.807, 2.05) is 31.2 Å². The molecular formula is C19H21N3O2S. The molecule has 0 saturated carbocycles. The summed E-state index contributed by atoms with van der Waals surface area (Å²) in [5.74, 6) is 2.55. The summed E-state index contributed by atoms with van der Waals surface area (Å²) in [5, 5.41) is 9.79. The van der Waals surface area contributed by atoms with Gasteiger partial charge in [-0.05, 0) is 44.4 Å². The van der Waals surface area contributed by atoms with Gasteiger partial charge in [0.1, 0.15) is 5.76 Å². The van der Waals surface area contributed by atoms with Gasteiger partial charge in [-0.15, -0.1) is 10.2 Å². The average molecular weight is 355 g/mol. The number of hydrogen-bond acceptors (Lipinski definition) is 5. The van der Waals surface area contributed by atoms with E-state index in [0.29, 0.717) is 6.10 Å². The Morgan fingerprint density at radius 2 is 2.04 bits per heavy atom. The second-order valence-electron chi connectivity index (χ2n) is 6.17. The molecule has 1 aliphatic rings. The zero-order chi connectivity index (χ0) is 17.1. The van der Waals surface area contributed by atoms with Crippen LogP contribution >= 0.6 is 11.8 Å². The summed E-state index contributed by atoms with van der Waals surface area (Å²) < 4.78 is 13.4. The molecule has 1 aliphatic heterocycles. The van der Waals surface area contributed by atoms with Crippen molar-refractivity contribution in [2.24, 2.45) is 0 Å². The normalized spacial score (nSPS) is 17.7. The smallest absolute Gasteiger partial charge is 0.196 e. The third-order valence-electron chi connectivity index (χ3n) is 4.42. The Bertz CT molecular complexity index is 822. The van der Waals surface area contributed by atoms with Crippen LogP contribution in [0.1, 0.15) is 25.0 Å². The first-order valence-corrected chi connectivity index (χ1v) is 9.61. The lowest BCUT2D eigenvalue weighted by Gasteiger charge is -2.21. The lowest BCUT2D eigenvalue weighted by atomic mass is 10.1. The summed E-state index contributed by atoms with van der Waals surface area (Å²) in [6.45, 7) is 2.82. The van der Waals surface area contributed by atoms with Crippen molar-refractivity contribution in [1.29, 1.82) is 0 Å². The predicted octanol–water partition coefficient (Wildman–Crippen LogP) is 4.50. The molecule has 0 amide bonds. The highest BCUT2D eigenvalue weighted by atomic mass is 32.2. The van der Waals surface area contributed by atoms with E-state index in [1.165, 1.54) is 12.8 Å². The minimum Gasteiger partial charge on any atom is -0.469 e. The molecular weight excluding hydrogens is 334 g/mol. The molecule has 130 valence electrons. The molecule has 1 aromatic carbocycles. The number of aromatic nitrogens is 3. The standard InChI is InChI=1S/C19H21N3O2S/c1-14-17(10-12-23-14)18-20-21-19(22(18)15-7-3-2-4-8-15)25-13-16-9-5-6-11-24-16/h2-4,7-8,10,12,16H,5-6,9,11,13H2,1H3. The number of para-hydroxylation sites is 1. The lowest BCUT2D eigenvalue weighted by Crippen LogP contribution is -2.21. The number of ether oxygens (including phenoxy) is 1. The van der Waals surface area contributed by atoms with Crippen LogP contribution in [-0.2, 0) is 4.74 Å². The lowest BCUT2D eigenvalue weighted by molar-refractivity contribution is 0.0315. The number of thioether (sulfide) groups is 1. The summed E-state index contributed by atoms with van der Waals surface area (Å²) in [5.41, 5.74) is 2.02. The van der Waals surface area contributed by atoms with Crippen molar-refractivity contribution in [2.75, 3.05) is 12.4 Å². The van der Waals surface area contributed by atoms with Gasteiger partial charge in [-0.2, -0.15) is 0 Å². The van der Waals surface area contributed by atoms with Crippen LogP contribution in [0.5, 0.6) is 0 Å². The summed E-state index contributed by atoms with van der Waals surface area (Å²) in [6, 6.07) is 12.2. The molecule has 5 nitrogen and oxygen atoms in total.